The minimum Gasteiger partial charge on any atom is -0.465 e. The van der Waals surface area contributed by atoms with Crippen LogP contribution in [0.5, 0.6) is 0 Å². The lowest BCUT2D eigenvalue weighted by Gasteiger charge is -2.37. The largest absolute Gasteiger partial charge is 0.465 e. The number of fused-ring (bicyclic) bond motifs is 3. The van der Waals surface area contributed by atoms with Crippen LogP contribution in [-0.4, -0.2) is 39.6 Å². The van der Waals surface area contributed by atoms with E-state index in [0.717, 1.165) is 29.4 Å². The number of nitrogens with zero attached hydrogens (tertiary/aromatic N) is 4. The third-order valence-corrected chi connectivity index (χ3v) is 5.27. The Kier molecular flexibility index (Phi) is 5.29. The SMILES string of the molecule is CCCCN1C(=O)[C@H](C(=O)OCC)[C@H](c2ccncc2)n2c1nc1ccccc12. The minimum atomic E-state index is -0.973. The molecule has 2 aromatic heterocycles. The van der Waals surface area contributed by atoms with Crippen molar-refractivity contribution in [1.29, 1.82) is 0 Å². The maximum Gasteiger partial charge on any atom is 0.321 e. The number of amides is 1. The Bertz CT molecular complexity index is 1030. The van der Waals surface area contributed by atoms with E-state index in [1.807, 2.05) is 41.0 Å². The van der Waals surface area contributed by atoms with Crippen LogP contribution >= 0.6 is 0 Å². The molecule has 0 bridgehead atoms. The summed E-state index contributed by atoms with van der Waals surface area (Å²) in [7, 11) is 0. The third kappa shape index (κ3) is 3.26. The number of pyridine rings is 1. The first-order chi connectivity index (χ1) is 14.2. The second-order valence-electron chi connectivity index (χ2n) is 7.07. The van der Waals surface area contributed by atoms with Crippen LogP contribution in [0.15, 0.2) is 48.8 Å². The number of carbonyl (C=O) groups is 2. The van der Waals surface area contributed by atoms with Crippen molar-refractivity contribution < 1.29 is 14.3 Å². The molecule has 0 N–H and O–H groups in total. The summed E-state index contributed by atoms with van der Waals surface area (Å²) in [5.41, 5.74) is 2.50. The van der Waals surface area contributed by atoms with Gasteiger partial charge in [-0.25, -0.2) is 4.98 Å². The van der Waals surface area contributed by atoms with Crippen LogP contribution in [0.4, 0.5) is 5.95 Å². The fraction of sp³-hybridized carbons (Fsp3) is 0.364. The highest BCUT2D eigenvalue weighted by Gasteiger charge is 2.47. The number of hydrogen-bond acceptors (Lipinski definition) is 5. The van der Waals surface area contributed by atoms with Crippen LogP contribution in [0.3, 0.4) is 0 Å². The average Bonchev–Trinajstić information content (AvgIpc) is 3.12. The number of rotatable bonds is 6. The van der Waals surface area contributed by atoms with Crippen molar-refractivity contribution in [3.05, 3.63) is 54.4 Å². The molecule has 29 heavy (non-hydrogen) atoms. The molecule has 1 aliphatic rings. The van der Waals surface area contributed by atoms with E-state index in [0.29, 0.717) is 12.5 Å². The standard InChI is InChI=1S/C22H24N4O3/c1-3-5-14-25-20(27)18(21(28)29-4-2)19(15-10-12-23-13-11-15)26-17-9-7-6-8-16(17)24-22(25)26/h6-13,18-19H,3-5,14H2,1-2H3/t18-,19+/m1/s1. The Labute approximate surface area is 169 Å². The number of benzene rings is 1. The molecular formula is C22H24N4O3. The Morgan fingerprint density at radius 2 is 1.90 bits per heavy atom. The lowest BCUT2D eigenvalue weighted by molar-refractivity contribution is -0.153. The summed E-state index contributed by atoms with van der Waals surface area (Å²) in [6, 6.07) is 10.9. The first-order valence-corrected chi connectivity index (χ1v) is 10.0. The summed E-state index contributed by atoms with van der Waals surface area (Å²) in [6.07, 6.45) is 5.10. The van der Waals surface area contributed by atoms with E-state index < -0.39 is 17.9 Å². The van der Waals surface area contributed by atoms with Gasteiger partial charge in [0.2, 0.25) is 11.9 Å². The summed E-state index contributed by atoms with van der Waals surface area (Å²) in [5.74, 6) is -1.17. The van der Waals surface area contributed by atoms with Gasteiger partial charge >= 0.3 is 5.97 Å². The Balaban J connectivity index is 1.97. The monoisotopic (exact) mass is 392 g/mol. The van der Waals surface area contributed by atoms with E-state index in [4.69, 9.17) is 9.72 Å². The first-order valence-electron chi connectivity index (χ1n) is 10.0. The van der Waals surface area contributed by atoms with E-state index >= 15 is 0 Å². The van der Waals surface area contributed by atoms with Gasteiger partial charge < -0.3 is 9.30 Å². The summed E-state index contributed by atoms with van der Waals surface area (Å²) in [6.45, 7) is 4.55. The van der Waals surface area contributed by atoms with Crippen molar-refractivity contribution in [2.75, 3.05) is 18.1 Å². The summed E-state index contributed by atoms with van der Waals surface area (Å²) < 4.78 is 7.33. The zero-order valence-electron chi connectivity index (χ0n) is 16.6. The zero-order chi connectivity index (χ0) is 20.4. The molecule has 1 aliphatic heterocycles. The summed E-state index contributed by atoms with van der Waals surface area (Å²) in [5, 5.41) is 0. The Morgan fingerprint density at radius 3 is 2.62 bits per heavy atom. The van der Waals surface area contributed by atoms with E-state index in [1.54, 1.807) is 24.2 Å². The van der Waals surface area contributed by atoms with Crippen LogP contribution in [0, 0.1) is 5.92 Å². The molecular weight excluding hydrogens is 368 g/mol. The second kappa shape index (κ2) is 8.03. The third-order valence-electron chi connectivity index (χ3n) is 5.27. The Morgan fingerprint density at radius 1 is 1.14 bits per heavy atom. The molecule has 0 saturated heterocycles. The number of hydrogen-bond donors (Lipinski definition) is 0. The van der Waals surface area contributed by atoms with E-state index in [9.17, 15) is 9.59 Å². The van der Waals surface area contributed by atoms with Crippen molar-refractivity contribution in [3.8, 4) is 0 Å². The maximum atomic E-state index is 13.5. The molecule has 150 valence electrons. The van der Waals surface area contributed by atoms with Gasteiger partial charge in [-0.15, -0.1) is 0 Å². The van der Waals surface area contributed by atoms with Crippen LogP contribution in [0.25, 0.3) is 11.0 Å². The Hall–Kier alpha value is -3.22. The van der Waals surface area contributed by atoms with Gasteiger partial charge in [-0.05, 0) is 43.2 Å². The number of ether oxygens (including phenoxy) is 1. The smallest absolute Gasteiger partial charge is 0.321 e. The van der Waals surface area contributed by atoms with E-state index in [1.165, 1.54) is 0 Å². The van der Waals surface area contributed by atoms with Gasteiger partial charge in [-0.3, -0.25) is 19.5 Å². The fourth-order valence-corrected chi connectivity index (χ4v) is 3.94. The van der Waals surface area contributed by atoms with Gasteiger partial charge in [0.25, 0.3) is 0 Å². The zero-order valence-corrected chi connectivity index (χ0v) is 16.6. The number of esters is 1. The topological polar surface area (TPSA) is 77.3 Å². The molecule has 7 nitrogen and oxygen atoms in total. The van der Waals surface area contributed by atoms with Crippen molar-refractivity contribution in [2.24, 2.45) is 5.92 Å². The lowest BCUT2D eigenvalue weighted by Crippen LogP contribution is -2.50. The molecule has 1 amide bonds. The molecule has 0 fully saturated rings. The first kappa shape index (κ1) is 19.1. The van der Waals surface area contributed by atoms with E-state index in [2.05, 4.69) is 11.9 Å². The molecule has 1 aromatic carbocycles. The molecule has 3 heterocycles. The van der Waals surface area contributed by atoms with Gasteiger partial charge in [0.05, 0.1) is 23.7 Å². The molecule has 4 rings (SSSR count). The molecule has 0 unspecified atom stereocenters. The van der Waals surface area contributed by atoms with Crippen molar-refractivity contribution in [2.45, 2.75) is 32.7 Å². The van der Waals surface area contributed by atoms with Crippen LogP contribution in [0.2, 0.25) is 0 Å². The fourth-order valence-electron chi connectivity index (χ4n) is 3.94. The molecule has 0 aliphatic carbocycles. The minimum absolute atomic E-state index is 0.220. The predicted molar refractivity (Wildman–Crippen MR) is 109 cm³/mol. The average molecular weight is 392 g/mol. The molecule has 0 radical (unpaired) electrons. The van der Waals surface area contributed by atoms with Crippen molar-refractivity contribution >= 4 is 28.9 Å². The van der Waals surface area contributed by atoms with Gasteiger partial charge in [-0.1, -0.05) is 25.5 Å². The number of anilines is 1. The van der Waals surface area contributed by atoms with Gasteiger partial charge in [-0.2, -0.15) is 0 Å². The highest BCUT2D eigenvalue weighted by molar-refractivity contribution is 6.08. The molecule has 7 heteroatoms. The van der Waals surface area contributed by atoms with E-state index in [-0.39, 0.29) is 12.5 Å². The normalized spacial score (nSPS) is 18.7. The van der Waals surface area contributed by atoms with Gasteiger partial charge in [0, 0.05) is 18.9 Å². The number of unbranched alkanes of at least 4 members (excludes halogenated alkanes) is 1. The van der Waals surface area contributed by atoms with Crippen LogP contribution in [-0.2, 0) is 14.3 Å². The lowest BCUT2D eigenvalue weighted by atomic mass is 9.90. The second-order valence-corrected chi connectivity index (χ2v) is 7.07. The molecule has 0 saturated carbocycles. The van der Waals surface area contributed by atoms with Crippen molar-refractivity contribution in [3.63, 3.8) is 0 Å². The molecule has 0 spiro atoms. The summed E-state index contributed by atoms with van der Waals surface area (Å²) >= 11 is 0. The highest BCUT2D eigenvalue weighted by atomic mass is 16.5. The van der Waals surface area contributed by atoms with Crippen molar-refractivity contribution in [1.82, 2.24) is 14.5 Å². The van der Waals surface area contributed by atoms with Gasteiger partial charge in [0.1, 0.15) is 0 Å². The van der Waals surface area contributed by atoms with Crippen LogP contribution < -0.4 is 4.90 Å². The number of aromatic nitrogens is 3. The molecule has 2 atom stereocenters. The number of para-hydroxylation sites is 2. The maximum absolute atomic E-state index is 13.5. The predicted octanol–water partition coefficient (Wildman–Crippen LogP) is 3.35. The number of carbonyl (C=O) groups excluding carboxylic acids is 2. The molecule has 3 aromatic rings. The summed E-state index contributed by atoms with van der Waals surface area (Å²) in [4.78, 5) is 37.0. The van der Waals surface area contributed by atoms with Crippen LogP contribution in [0.1, 0.15) is 38.3 Å². The quantitative estimate of drug-likeness (QED) is 0.475. The van der Waals surface area contributed by atoms with Gasteiger partial charge in [0.15, 0.2) is 5.92 Å². The highest BCUT2D eigenvalue weighted by Crippen LogP contribution is 2.41. The number of imidazole rings is 1.